The number of rotatable bonds is 6. The molecule has 0 radical (unpaired) electrons. The fourth-order valence-electron chi connectivity index (χ4n) is 1.55. The number of hydrogen-bond acceptors (Lipinski definition) is 4. The minimum Gasteiger partial charge on any atom is -0.308 e. The summed E-state index contributed by atoms with van der Waals surface area (Å²) in [5.74, 6) is 0.0700. The van der Waals surface area contributed by atoms with Crippen molar-refractivity contribution in [1.29, 1.82) is 0 Å². The molecule has 0 amide bonds. The van der Waals surface area contributed by atoms with Gasteiger partial charge in [0, 0.05) is 6.54 Å². The van der Waals surface area contributed by atoms with Gasteiger partial charge in [-0.1, -0.05) is 0 Å². The van der Waals surface area contributed by atoms with Crippen molar-refractivity contribution in [1.82, 2.24) is 19.6 Å². The molecular weight excluding hydrogens is 308 g/mol. The first-order valence-corrected chi connectivity index (χ1v) is 7.05. The molecule has 0 bridgehead atoms. The predicted octanol–water partition coefficient (Wildman–Crippen LogP) is 1.73. The number of nitrogens with zero attached hydrogens (tertiary/aromatic N) is 4. The maximum absolute atomic E-state index is 12.7. The average molecular weight is 331 g/mol. The van der Waals surface area contributed by atoms with Gasteiger partial charge in [-0.05, 0) is 58.0 Å². The van der Waals surface area contributed by atoms with E-state index in [2.05, 4.69) is 25.9 Å². The number of likely N-dealkylation sites (N-methyl/N-ethyl adjacent to an activating group) is 2. The summed E-state index contributed by atoms with van der Waals surface area (Å²) in [7, 11) is 7.83. The smallest absolute Gasteiger partial charge is 0.201 e. The van der Waals surface area contributed by atoms with Crippen molar-refractivity contribution in [2.24, 2.45) is 0 Å². The Morgan fingerprint density at radius 1 is 1.37 bits per heavy atom. The van der Waals surface area contributed by atoms with E-state index in [-0.39, 0.29) is 5.78 Å². The van der Waals surface area contributed by atoms with Crippen LogP contribution in [0.5, 0.6) is 0 Å². The van der Waals surface area contributed by atoms with Crippen molar-refractivity contribution >= 4 is 21.7 Å². The molecule has 5 nitrogen and oxygen atoms in total. The Balaban J connectivity index is 3.06. The third kappa shape index (κ3) is 3.64. The standard InChI is InChI=1S/C13H23BrN4O/c1-13(2,17(5)6)12(19)11-10(14)9-15-18(11)8-7-16(3)4/h9H,7-8H2,1-6H3. The maximum atomic E-state index is 12.7. The summed E-state index contributed by atoms with van der Waals surface area (Å²) in [6.07, 6.45) is 1.69. The molecule has 0 spiro atoms. The summed E-state index contributed by atoms with van der Waals surface area (Å²) in [6.45, 7) is 5.39. The Labute approximate surface area is 123 Å². The lowest BCUT2D eigenvalue weighted by molar-refractivity contribution is 0.0742. The predicted molar refractivity (Wildman–Crippen MR) is 80.6 cm³/mol. The third-order valence-electron chi connectivity index (χ3n) is 3.44. The van der Waals surface area contributed by atoms with E-state index in [0.29, 0.717) is 12.2 Å². The molecule has 0 aromatic carbocycles. The van der Waals surface area contributed by atoms with Crippen LogP contribution in [0.15, 0.2) is 10.7 Å². The van der Waals surface area contributed by atoms with Crippen molar-refractivity contribution < 1.29 is 4.79 Å². The average Bonchev–Trinajstić information content (AvgIpc) is 2.66. The van der Waals surface area contributed by atoms with Crippen molar-refractivity contribution in [2.45, 2.75) is 25.9 Å². The SMILES string of the molecule is CN(C)CCn1ncc(Br)c1C(=O)C(C)(C)N(C)C. The van der Waals surface area contributed by atoms with Crippen molar-refractivity contribution in [2.75, 3.05) is 34.7 Å². The van der Waals surface area contributed by atoms with Gasteiger partial charge in [-0.25, -0.2) is 0 Å². The summed E-state index contributed by atoms with van der Waals surface area (Å²) in [6, 6.07) is 0. The number of hydrogen-bond donors (Lipinski definition) is 0. The monoisotopic (exact) mass is 330 g/mol. The highest BCUT2D eigenvalue weighted by Crippen LogP contribution is 2.24. The van der Waals surface area contributed by atoms with Gasteiger partial charge in [-0.15, -0.1) is 0 Å². The molecular formula is C13H23BrN4O. The zero-order chi connectivity index (χ0) is 14.8. The quantitative estimate of drug-likeness (QED) is 0.745. The van der Waals surface area contributed by atoms with E-state index in [9.17, 15) is 4.79 Å². The lowest BCUT2D eigenvalue weighted by Crippen LogP contribution is -2.46. The second-order valence-electron chi connectivity index (χ2n) is 5.65. The van der Waals surface area contributed by atoms with Gasteiger partial charge < -0.3 is 4.90 Å². The molecule has 0 N–H and O–H groups in total. The second kappa shape index (κ2) is 6.15. The van der Waals surface area contributed by atoms with E-state index in [1.165, 1.54) is 0 Å². The highest BCUT2D eigenvalue weighted by molar-refractivity contribution is 9.10. The van der Waals surface area contributed by atoms with Crippen LogP contribution in [0.25, 0.3) is 0 Å². The van der Waals surface area contributed by atoms with Crippen LogP contribution in [0.2, 0.25) is 0 Å². The lowest BCUT2D eigenvalue weighted by Gasteiger charge is -2.31. The summed E-state index contributed by atoms with van der Waals surface area (Å²) in [5, 5.41) is 4.29. The first kappa shape index (κ1) is 16.3. The number of ketones is 1. The fraction of sp³-hybridized carbons (Fsp3) is 0.692. The zero-order valence-corrected chi connectivity index (χ0v) is 14.2. The molecule has 0 saturated carbocycles. The van der Waals surface area contributed by atoms with E-state index in [1.54, 1.807) is 10.9 Å². The number of halogens is 1. The van der Waals surface area contributed by atoms with Crippen LogP contribution in [0.1, 0.15) is 24.3 Å². The van der Waals surface area contributed by atoms with E-state index in [1.807, 2.05) is 46.9 Å². The van der Waals surface area contributed by atoms with Gasteiger partial charge in [-0.2, -0.15) is 5.10 Å². The molecule has 1 aromatic heterocycles. The minimum absolute atomic E-state index is 0.0700. The maximum Gasteiger partial charge on any atom is 0.201 e. The van der Waals surface area contributed by atoms with Crippen LogP contribution in [0.4, 0.5) is 0 Å². The fourth-order valence-corrected chi connectivity index (χ4v) is 2.02. The second-order valence-corrected chi connectivity index (χ2v) is 6.50. The normalized spacial score (nSPS) is 12.5. The zero-order valence-electron chi connectivity index (χ0n) is 12.6. The first-order valence-electron chi connectivity index (χ1n) is 6.26. The summed E-state index contributed by atoms with van der Waals surface area (Å²) >= 11 is 3.43. The van der Waals surface area contributed by atoms with Gasteiger partial charge in [-0.3, -0.25) is 14.4 Å². The van der Waals surface area contributed by atoms with Crippen molar-refractivity contribution in [3.05, 3.63) is 16.4 Å². The number of Topliss-reactive ketones (excluding diaryl/α,β-unsaturated/α-hetero) is 1. The minimum atomic E-state index is -0.557. The van der Waals surface area contributed by atoms with Crippen molar-refractivity contribution in [3.63, 3.8) is 0 Å². The molecule has 0 saturated heterocycles. The molecule has 0 atom stereocenters. The topological polar surface area (TPSA) is 41.4 Å². The molecule has 19 heavy (non-hydrogen) atoms. The highest BCUT2D eigenvalue weighted by atomic mass is 79.9. The van der Waals surface area contributed by atoms with Crippen LogP contribution >= 0.6 is 15.9 Å². The molecule has 0 aliphatic carbocycles. The van der Waals surface area contributed by atoms with Gasteiger partial charge in [0.15, 0.2) is 0 Å². The molecule has 6 heteroatoms. The number of aromatic nitrogens is 2. The Hall–Kier alpha value is -0.720. The Morgan fingerprint density at radius 2 is 1.95 bits per heavy atom. The van der Waals surface area contributed by atoms with E-state index < -0.39 is 5.54 Å². The third-order valence-corrected chi connectivity index (χ3v) is 4.02. The largest absolute Gasteiger partial charge is 0.308 e. The highest BCUT2D eigenvalue weighted by Gasteiger charge is 2.34. The molecule has 0 aliphatic heterocycles. The van der Waals surface area contributed by atoms with Gasteiger partial charge in [0.1, 0.15) is 5.69 Å². The molecule has 1 rings (SSSR count). The van der Waals surface area contributed by atoms with Gasteiger partial charge >= 0.3 is 0 Å². The summed E-state index contributed by atoms with van der Waals surface area (Å²) in [4.78, 5) is 16.7. The molecule has 1 heterocycles. The number of carbonyl (C=O) groups is 1. The Kier molecular flexibility index (Phi) is 5.29. The van der Waals surface area contributed by atoms with Crippen molar-refractivity contribution in [3.8, 4) is 0 Å². The van der Waals surface area contributed by atoms with E-state index in [4.69, 9.17) is 0 Å². The van der Waals surface area contributed by atoms with Crippen LogP contribution in [0, 0.1) is 0 Å². The van der Waals surface area contributed by atoms with Gasteiger partial charge in [0.2, 0.25) is 5.78 Å². The van der Waals surface area contributed by atoms with Gasteiger partial charge in [0.25, 0.3) is 0 Å². The molecule has 0 fully saturated rings. The summed E-state index contributed by atoms with van der Waals surface area (Å²) < 4.78 is 2.53. The Morgan fingerprint density at radius 3 is 2.42 bits per heavy atom. The summed E-state index contributed by atoms with van der Waals surface area (Å²) in [5.41, 5.74) is 0.0823. The number of carbonyl (C=O) groups excluding carboxylic acids is 1. The Bertz CT molecular complexity index is 451. The molecule has 0 aliphatic rings. The van der Waals surface area contributed by atoms with E-state index in [0.717, 1.165) is 11.0 Å². The van der Waals surface area contributed by atoms with Crippen LogP contribution in [0.3, 0.4) is 0 Å². The molecule has 0 unspecified atom stereocenters. The van der Waals surface area contributed by atoms with Crippen LogP contribution in [-0.2, 0) is 6.54 Å². The van der Waals surface area contributed by atoms with Gasteiger partial charge in [0.05, 0.1) is 22.8 Å². The van der Waals surface area contributed by atoms with Crippen LogP contribution in [-0.4, -0.2) is 65.6 Å². The van der Waals surface area contributed by atoms with Crippen LogP contribution < -0.4 is 0 Å². The lowest BCUT2D eigenvalue weighted by atomic mass is 9.95. The first-order chi connectivity index (χ1) is 8.67. The molecule has 108 valence electrons. The van der Waals surface area contributed by atoms with E-state index >= 15 is 0 Å². The molecule has 1 aromatic rings.